The van der Waals surface area contributed by atoms with Crippen LogP contribution in [0.4, 0.5) is 0 Å². The number of carbonyl (C=O) groups excluding carboxylic acids is 1. The molecule has 158 valence electrons. The van der Waals surface area contributed by atoms with E-state index in [4.69, 9.17) is 4.74 Å². The lowest BCUT2D eigenvalue weighted by atomic mass is 9.75. The van der Waals surface area contributed by atoms with Gasteiger partial charge in [0.1, 0.15) is 0 Å². The molecule has 2 rings (SSSR count). The fraction of sp³-hybridized carbons (Fsp3) is 0.708. The molecule has 0 radical (unpaired) electrons. The number of ether oxygens (including phenoxy) is 1. The lowest BCUT2D eigenvalue weighted by molar-refractivity contribution is -0.123. The number of nitrogens with one attached hydrogen (secondary N) is 1. The van der Waals surface area contributed by atoms with Crippen LogP contribution in [0.3, 0.4) is 0 Å². The van der Waals surface area contributed by atoms with Crippen LogP contribution in [0.1, 0.15) is 70.4 Å². The van der Waals surface area contributed by atoms with Gasteiger partial charge in [-0.15, -0.1) is 0 Å². The van der Waals surface area contributed by atoms with Crippen LogP contribution in [0.5, 0.6) is 0 Å². The maximum atomic E-state index is 12.7. The van der Waals surface area contributed by atoms with Gasteiger partial charge in [0.25, 0.3) is 0 Å². The molecule has 4 heteroatoms. The predicted octanol–water partition coefficient (Wildman–Crippen LogP) is 4.52. The Labute approximate surface area is 172 Å². The first-order valence-corrected chi connectivity index (χ1v) is 11.0. The first-order chi connectivity index (χ1) is 13.3. The minimum atomic E-state index is -0.105. The molecule has 1 heterocycles. The van der Waals surface area contributed by atoms with Crippen molar-refractivity contribution in [3.05, 3.63) is 35.4 Å². The van der Waals surface area contributed by atoms with Gasteiger partial charge in [0.15, 0.2) is 0 Å². The third kappa shape index (κ3) is 7.21. The molecular weight excluding hydrogens is 348 g/mol. The molecule has 28 heavy (non-hydrogen) atoms. The number of amides is 1. The van der Waals surface area contributed by atoms with E-state index in [-0.39, 0.29) is 17.4 Å². The Balaban J connectivity index is 1.97. The Morgan fingerprint density at radius 1 is 1.25 bits per heavy atom. The molecule has 0 aromatic heterocycles. The molecule has 0 bridgehead atoms. The Hall–Kier alpha value is -1.39. The zero-order chi connectivity index (χ0) is 20.6. The molecule has 1 N–H and O–H groups in total. The van der Waals surface area contributed by atoms with E-state index in [1.54, 1.807) is 0 Å². The average molecular weight is 389 g/mol. The van der Waals surface area contributed by atoms with Crippen molar-refractivity contribution in [2.75, 3.05) is 32.8 Å². The molecule has 0 spiro atoms. The molecule has 1 aromatic carbocycles. The SMILES string of the molecule is CCN(CC)CCCNC(=O)C[C@H](c1ccc(C)cc1)[C@H]1CCOC(C)(C)C1. The largest absolute Gasteiger partial charge is 0.376 e. The van der Waals surface area contributed by atoms with Crippen molar-refractivity contribution in [3.8, 4) is 0 Å². The van der Waals surface area contributed by atoms with Crippen LogP contribution < -0.4 is 5.32 Å². The maximum absolute atomic E-state index is 12.7. The van der Waals surface area contributed by atoms with Crippen molar-refractivity contribution >= 4 is 5.91 Å². The summed E-state index contributed by atoms with van der Waals surface area (Å²) in [4.78, 5) is 15.1. The van der Waals surface area contributed by atoms with Gasteiger partial charge in [0.05, 0.1) is 5.60 Å². The highest BCUT2D eigenvalue weighted by atomic mass is 16.5. The number of carbonyl (C=O) groups is 1. The quantitative estimate of drug-likeness (QED) is 0.599. The molecule has 0 aliphatic carbocycles. The summed E-state index contributed by atoms with van der Waals surface area (Å²) in [7, 11) is 0. The van der Waals surface area contributed by atoms with Crippen LogP contribution in [0.2, 0.25) is 0 Å². The molecule has 1 saturated heterocycles. The van der Waals surface area contributed by atoms with Gasteiger partial charge >= 0.3 is 0 Å². The summed E-state index contributed by atoms with van der Waals surface area (Å²) in [6, 6.07) is 8.73. The van der Waals surface area contributed by atoms with Gasteiger partial charge in [-0.3, -0.25) is 4.79 Å². The highest BCUT2D eigenvalue weighted by Gasteiger charge is 2.35. The Bertz CT molecular complexity index is 593. The molecule has 4 nitrogen and oxygen atoms in total. The van der Waals surface area contributed by atoms with E-state index >= 15 is 0 Å². The standard InChI is InChI=1S/C24H40N2O2/c1-6-26(7-2)15-8-14-25-23(27)17-22(20-11-9-19(3)10-12-20)21-13-16-28-24(4,5)18-21/h9-12,21-22H,6-8,13-18H2,1-5H3,(H,25,27)/t21-,22+/m0/s1. The maximum Gasteiger partial charge on any atom is 0.220 e. The normalized spacial score (nSPS) is 20.1. The van der Waals surface area contributed by atoms with Gasteiger partial charge in [-0.2, -0.15) is 0 Å². The highest BCUT2D eigenvalue weighted by Crippen LogP contribution is 2.40. The van der Waals surface area contributed by atoms with Crippen molar-refractivity contribution in [1.82, 2.24) is 10.2 Å². The van der Waals surface area contributed by atoms with E-state index in [2.05, 4.69) is 69.1 Å². The number of hydrogen-bond donors (Lipinski definition) is 1. The van der Waals surface area contributed by atoms with E-state index < -0.39 is 0 Å². The molecule has 1 aliphatic heterocycles. The molecule has 1 aliphatic rings. The molecule has 0 saturated carbocycles. The lowest BCUT2D eigenvalue weighted by Gasteiger charge is -2.39. The fourth-order valence-electron chi connectivity index (χ4n) is 4.33. The summed E-state index contributed by atoms with van der Waals surface area (Å²) >= 11 is 0. The number of aryl methyl sites for hydroxylation is 1. The zero-order valence-corrected chi connectivity index (χ0v) is 18.6. The predicted molar refractivity (Wildman–Crippen MR) is 117 cm³/mol. The second-order valence-electron chi connectivity index (χ2n) is 8.81. The van der Waals surface area contributed by atoms with Gasteiger partial charge in [-0.1, -0.05) is 43.7 Å². The second-order valence-corrected chi connectivity index (χ2v) is 8.81. The average Bonchev–Trinajstić information content (AvgIpc) is 2.66. The van der Waals surface area contributed by atoms with E-state index in [1.807, 2.05) is 0 Å². The van der Waals surface area contributed by atoms with Gasteiger partial charge in [-0.25, -0.2) is 0 Å². The molecule has 1 fully saturated rings. The Kier molecular flexibility index (Phi) is 8.97. The number of nitrogens with zero attached hydrogens (tertiary/aromatic N) is 1. The number of benzene rings is 1. The van der Waals surface area contributed by atoms with E-state index in [9.17, 15) is 4.79 Å². The fourth-order valence-corrected chi connectivity index (χ4v) is 4.33. The Morgan fingerprint density at radius 3 is 2.54 bits per heavy atom. The van der Waals surface area contributed by atoms with Crippen LogP contribution in [0.25, 0.3) is 0 Å². The number of rotatable bonds is 10. The minimum Gasteiger partial charge on any atom is -0.376 e. The molecular formula is C24H40N2O2. The zero-order valence-electron chi connectivity index (χ0n) is 18.6. The van der Waals surface area contributed by atoms with Crippen molar-refractivity contribution in [2.24, 2.45) is 5.92 Å². The summed E-state index contributed by atoms with van der Waals surface area (Å²) < 4.78 is 5.92. The van der Waals surface area contributed by atoms with Crippen LogP contribution in [-0.4, -0.2) is 49.2 Å². The molecule has 1 aromatic rings. The molecule has 1 amide bonds. The van der Waals surface area contributed by atoms with E-state index in [0.29, 0.717) is 12.3 Å². The van der Waals surface area contributed by atoms with Crippen LogP contribution in [-0.2, 0) is 9.53 Å². The summed E-state index contributed by atoms with van der Waals surface area (Å²) in [5.41, 5.74) is 2.44. The van der Waals surface area contributed by atoms with Crippen LogP contribution in [0.15, 0.2) is 24.3 Å². The monoisotopic (exact) mass is 388 g/mol. The summed E-state index contributed by atoms with van der Waals surface area (Å²) in [6.07, 6.45) is 3.60. The topological polar surface area (TPSA) is 41.6 Å². The van der Waals surface area contributed by atoms with Crippen LogP contribution in [0, 0.1) is 12.8 Å². The van der Waals surface area contributed by atoms with Gasteiger partial charge < -0.3 is 15.0 Å². The summed E-state index contributed by atoms with van der Waals surface area (Å²) in [5.74, 6) is 0.911. The minimum absolute atomic E-state index is 0.105. The van der Waals surface area contributed by atoms with Crippen LogP contribution >= 0.6 is 0 Å². The molecule has 0 unspecified atom stereocenters. The van der Waals surface area contributed by atoms with Crippen molar-refractivity contribution < 1.29 is 9.53 Å². The lowest BCUT2D eigenvalue weighted by Crippen LogP contribution is -2.38. The Morgan fingerprint density at radius 2 is 1.93 bits per heavy atom. The first-order valence-electron chi connectivity index (χ1n) is 11.0. The smallest absolute Gasteiger partial charge is 0.220 e. The van der Waals surface area contributed by atoms with Crippen molar-refractivity contribution in [2.45, 2.75) is 71.8 Å². The third-order valence-corrected chi connectivity index (χ3v) is 6.08. The van der Waals surface area contributed by atoms with Gasteiger partial charge in [0, 0.05) is 19.6 Å². The van der Waals surface area contributed by atoms with Crippen molar-refractivity contribution in [1.29, 1.82) is 0 Å². The first kappa shape index (κ1) is 22.9. The van der Waals surface area contributed by atoms with E-state index in [0.717, 1.165) is 52.0 Å². The van der Waals surface area contributed by atoms with Gasteiger partial charge in [-0.05, 0) is 77.1 Å². The summed E-state index contributed by atoms with van der Waals surface area (Å²) in [5, 5.41) is 3.16. The summed E-state index contributed by atoms with van der Waals surface area (Å²) in [6.45, 7) is 15.5. The molecule has 2 atom stereocenters. The highest BCUT2D eigenvalue weighted by molar-refractivity contribution is 5.76. The third-order valence-electron chi connectivity index (χ3n) is 6.08. The van der Waals surface area contributed by atoms with Gasteiger partial charge in [0.2, 0.25) is 5.91 Å². The number of hydrogen-bond acceptors (Lipinski definition) is 3. The van der Waals surface area contributed by atoms with Crippen molar-refractivity contribution in [3.63, 3.8) is 0 Å². The second kappa shape index (κ2) is 11.0. The van der Waals surface area contributed by atoms with E-state index in [1.165, 1.54) is 11.1 Å².